The van der Waals surface area contributed by atoms with E-state index in [9.17, 15) is 4.79 Å². The van der Waals surface area contributed by atoms with Crippen LogP contribution < -0.4 is 0 Å². The van der Waals surface area contributed by atoms with Crippen molar-refractivity contribution in [3.05, 3.63) is 24.1 Å². The first-order valence-electron chi connectivity index (χ1n) is 6.11. The molecule has 1 aromatic rings. The van der Waals surface area contributed by atoms with Crippen LogP contribution in [0.15, 0.2) is 23.1 Å². The highest BCUT2D eigenvalue weighted by atomic mass is 16.7. The van der Waals surface area contributed by atoms with Crippen LogP contribution in [0.4, 0.5) is 4.79 Å². The molecule has 3 heterocycles. The monoisotopic (exact) mass is 249 g/mol. The molecule has 0 N–H and O–H groups in total. The van der Waals surface area contributed by atoms with E-state index < -0.39 is 0 Å². The first kappa shape index (κ1) is 11.3. The van der Waals surface area contributed by atoms with Crippen LogP contribution in [0.1, 0.15) is 18.9 Å². The second-order valence-electron chi connectivity index (χ2n) is 4.49. The first-order chi connectivity index (χ1) is 8.79. The third-order valence-electron chi connectivity index (χ3n) is 3.16. The molecule has 2 amide bonds. The van der Waals surface area contributed by atoms with E-state index >= 15 is 0 Å². The Bertz CT molecular complexity index is 469. The van der Waals surface area contributed by atoms with E-state index in [-0.39, 0.29) is 12.1 Å². The van der Waals surface area contributed by atoms with Gasteiger partial charge in [0.05, 0.1) is 18.8 Å². The van der Waals surface area contributed by atoms with Gasteiger partial charge in [0, 0.05) is 18.7 Å². The maximum Gasteiger partial charge on any atom is 0.344 e. The van der Waals surface area contributed by atoms with Crippen LogP contribution in [0.25, 0.3) is 5.57 Å². The Morgan fingerprint density at radius 1 is 1.61 bits per heavy atom. The van der Waals surface area contributed by atoms with Crippen LogP contribution in [-0.2, 0) is 4.84 Å². The molecule has 96 valence electrons. The molecule has 0 saturated carbocycles. The zero-order valence-electron chi connectivity index (χ0n) is 10.2. The minimum Gasteiger partial charge on any atom is -0.364 e. The van der Waals surface area contributed by atoms with Gasteiger partial charge in [-0.05, 0) is 12.0 Å². The van der Waals surface area contributed by atoms with E-state index in [1.807, 2.05) is 6.92 Å². The summed E-state index contributed by atoms with van der Waals surface area (Å²) in [5.74, 6) is 0. The van der Waals surface area contributed by atoms with E-state index in [4.69, 9.17) is 9.36 Å². The minimum atomic E-state index is -0.0591. The Hall–Kier alpha value is -1.82. The van der Waals surface area contributed by atoms with Gasteiger partial charge in [0.25, 0.3) is 0 Å². The molecule has 3 rings (SSSR count). The van der Waals surface area contributed by atoms with Gasteiger partial charge in [0.15, 0.2) is 0 Å². The Morgan fingerprint density at radius 3 is 3.22 bits per heavy atom. The molecule has 2 aliphatic heterocycles. The molecule has 1 atom stereocenters. The fourth-order valence-electron chi connectivity index (χ4n) is 2.29. The number of nitrogens with zero attached hydrogens (tertiary/aromatic N) is 3. The van der Waals surface area contributed by atoms with Gasteiger partial charge in [-0.25, -0.2) is 4.79 Å². The summed E-state index contributed by atoms with van der Waals surface area (Å²) in [4.78, 5) is 19.3. The summed E-state index contributed by atoms with van der Waals surface area (Å²) in [6, 6.07) is -0.0705. The van der Waals surface area contributed by atoms with Gasteiger partial charge in [-0.15, -0.1) is 0 Å². The lowest BCUT2D eigenvalue weighted by Gasteiger charge is -2.20. The van der Waals surface area contributed by atoms with Gasteiger partial charge >= 0.3 is 6.03 Å². The van der Waals surface area contributed by atoms with Crippen molar-refractivity contribution in [2.75, 3.05) is 19.7 Å². The lowest BCUT2D eigenvalue weighted by atomic mass is 10.0. The lowest BCUT2D eigenvalue weighted by molar-refractivity contribution is -0.119. The summed E-state index contributed by atoms with van der Waals surface area (Å²) in [5, 5.41) is 5.17. The predicted octanol–water partition coefficient (Wildman–Crippen LogP) is 1.52. The third kappa shape index (κ3) is 1.78. The summed E-state index contributed by atoms with van der Waals surface area (Å²) in [7, 11) is 0. The topological polar surface area (TPSA) is 58.8 Å². The number of rotatable bonds is 4. The van der Waals surface area contributed by atoms with Gasteiger partial charge < -0.3 is 9.42 Å². The van der Waals surface area contributed by atoms with Crippen molar-refractivity contribution in [2.45, 2.75) is 19.4 Å². The number of amides is 2. The number of fused-ring (bicyclic) bond motifs is 2. The van der Waals surface area contributed by atoms with E-state index in [0.717, 1.165) is 17.6 Å². The molecular weight excluding hydrogens is 234 g/mol. The largest absolute Gasteiger partial charge is 0.364 e. The first-order valence-corrected chi connectivity index (χ1v) is 6.11. The fourth-order valence-corrected chi connectivity index (χ4v) is 2.29. The lowest BCUT2D eigenvalue weighted by Crippen LogP contribution is -2.33. The van der Waals surface area contributed by atoms with E-state index in [2.05, 4.69) is 11.2 Å². The van der Waals surface area contributed by atoms with Crippen molar-refractivity contribution < 1.29 is 14.2 Å². The predicted molar refractivity (Wildman–Crippen MR) is 63.3 cm³/mol. The number of hydrogen-bond acceptors (Lipinski definition) is 4. The molecule has 18 heavy (non-hydrogen) atoms. The number of hydrogen-bond donors (Lipinski definition) is 0. The molecule has 2 bridgehead atoms. The number of hydroxylamine groups is 2. The molecule has 1 saturated heterocycles. The van der Waals surface area contributed by atoms with Crippen LogP contribution in [0, 0.1) is 0 Å². The summed E-state index contributed by atoms with van der Waals surface area (Å²) in [5.41, 5.74) is 1.98. The normalized spacial score (nSPS) is 22.6. The Balaban J connectivity index is 1.82. The summed E-state index contributed by atoms with van der Waals surface area (Å²) < 4.78 is 4.84. The average molecular weight is 249 g/mol. The molecule has 0 radical (unpaired) electrons. The Kier molecular flexibility index (Phi) is 2.79. The number of urea groups is 1. The maximum atomic E-state index is 12.1. The number of carbonyl (C=O) groups is 1. The van der Waals surface area contributed by atoms with E-state index in [1.54, 1.807) is 17.4 Å². The van der Waals surface area contributed by atoms with Gasteiger partial charge in [0.2, 0.25) is 0 Å². The van der Waals surface area contributed by atoms with Gasteiger partial charge in [0.1, 0.15) is 6.26 Å². The van der Waals surface area contributed by atoms with Crippen LogP contribution in [0.2, 0.25) is 0 Å². The zero-order chi connectivity index (χ0) is 12.5. The molecule has 6 nitrogen and oxygen atoms in total. The van der Waals surface area contributed by atoms with Crippen molar-refractivity contribution in [1.82, 2.24) is 15.1 Å². The van der Waals surface area contributed by atoms with Gasteiger partial charge in [-0.3, -0.25) is 4.84 Å². The minimum absolute atomic E-state index is 0.0114. The van der Waals surface area contributed by atoms with Crippen molar-refractivity contribution in [2.24, 2.45) is 0 Å². The Labute approximate surface area is 105 Å². The van der Waals surface area contributed by atoms with Crippen LogP contribution in [0.5, 0.6) is 0 Å². The number of aromatic nitrogens is 1. The number of carbonyl (C=O) groups excluding carboxylic acids is 1. The Morgan fingerprint density at radius 2 is 2.50 bits per heavy atom. The molecular formula is C12H15N3O3. The molecule has 2 aliphatic rings. The molecule has 0 aliphatic carbocycles. The molecule has 1 aromatic heterocycles. The van der Waals surface area contributed by atoms with Gasteiger partial charge in [-0.2, -0.15) is 5.06 Å². The molecule has 1 unspecified atom stereocenters. The second-order valence-corrected chi connectivity index (χ2v) is 4.49. The van der Waals surface area contributed by atoms with Crippen molar-refractivity contribution in [3.8, 4) is 0 Å². The quantitative estimate of drug-likeness (QED) is 0.811. The maximum absolute atomic E-state index is 12.1. The SMILES string of the molecule is CCCON1C(=O)N2CC(c3cnoc3)=CC1C2. The molecule has 6 heteroatoms. The smallest absolute Gasteiger partial charge is 0.344 e. The zero-order valence-corrected chi connectivity index (χ0v) is 10.2. The fraction of sp³-hybridized carbons (Fsp3) is 0.500. The average Bonchev–Trinajstić information content (AvgIpc) is 2.98. The van der Waals surface area contributed by atoms with Crippen molar-refractivity contribution in [1.29, 1.82) is 0 Å². The summed E-state index contributed by atoms with van der Waals surface area (Å²) in [6.07, 6.45) is 6.21. The highest BCUT2D eigenvalue weighted by molar-refractivity contribution is 5.82. The third-order valence-corrected chi connectivity index (χ3v) is 3.16. The second kappa shape index (κ2) is 4.45. The van der Waals surface area contributed by atoms with Gasteiger partial charge in [-0.1, -0.05) is 18.2 Å². The van der Waals surface area contributed by atoms with E-state index in [0.29, 0.717) is 19.7 Å². The van der Waals surface area contributed by atoms with Crippen LogP contribution >= 0.6 is 0 Å². The molecule has 0 aromatic carbocycles. The van der Waals surface area contributed by atoms with Crippen LogP contribution in [0.3, 0.4) is 0 Å². The van der Waals surface area contributed by atoms with Crippen molar-refractivity contribution >= 4 is 11.6 Å². The molecule has 1 fully saturated rings. The summed E-state index contributed by atoms with van der Waals surface area (Å²) in [6.45, 7) is 3.86. The van der Waals surface area contributed by atoms with Crippen LogP contribution in [-0.4, -0.2) is 46.9 Å². The summed E-state index contributed by atoms with van der Waals surface area (Å²) >= 11 is 0. The highest BCUT2D eigenvalue weighted by Crippen LogP contribution is 2.29. The molecule has 0 spiro atoms. The van der Waals surface area contributed by atoms with E-state index in [1.165, 1.54) is 5.06 Å². The highest BCUT2D eigenvalue weighted by Gasteiger charge is 2.41. The van der Waals surface area contributed by atoms with Crippen molar-refractivity contribution in [3.63, 3.8) is 0 Å². The standard InChI is InChI=1S/C12H15N3O3/c1-2-3-18-15-11-4-9(10-5-13-17-8-10)6-14(7-11)12(15)16/h4-5,8,11H,2-3,6-7H2,1H3.